The van der Waals surface area contributed by atoms with E-state index < -0.39 is 5.91 Å². The molecule has 2 amide bonds. The Morgan fingerprint density at radius 1 is 1.19 bits per heavy atom. The van der Waals surface area contributed by atoms with E-state index in [2.05, 4.69) is 25.6 Å². The summed E-state index contributed by atoms with van der Waals surface area (Å²) in [5.74, 6) is -0.268. The predicted molar refractivity (Wildman–Crippen MR) is 101 cm³/mol. The third kappa shape index (κ3) is 5.32. The van der Waals surface area contributed by atoms with Crippen LogP contribution >= 0.6 is 11.3 Å². The molecule has 9 heteroatoms. The Hall–Kier alpha value is -3.33. The van der Waals surface area contributed by atoms with Gasteiger partial charge in [0.15, 0.2) is 5.13 Å². The van der Waals surface area contributed by atoms with Gasteiger partial charge in [0.2, 0.25) is 11.8 Å². The van der Waals surface area contributed by atoms with E-state index in [0.29, 0.717) is 23.3 Å². The molecule has 0 saturated carbocycles. The van der Waals surface area contributed by atoms with Gasteiger partial charge in [-0.05, 0) is 5.56 Å². The topological polar surface area (TPSA) is 106 Å². The third-order valence-electron chi connectivity index (χ3n) is 3.50. The molecule has 0 bridgehead atoms. The maximum absolute atomic E-state index is 12.4. The van der Waals surface area contributed by atoms with Gasteiger partial charge >= 0.3 is 0 Å². The first kappa shape index (κ1) is 18.5. The fraction of sp³-hybridized carbons (Fsp3) is 0.167. The second-order valence-electron chi connectivity index (χ2n) is 5.46. The number of rotatable bonds is 7. The smallest absolute Gasteiger partial charge is 0.276 e. The molecule has 0 fully saturated rings. The standard InChI is InChI=1S/C18H17N5O3S/c1-19-15(24)7-13-10-27-18(22-13)23-17(25)14-8-16(21-11-20-14)26-9-12-5-3-2-4-6-12/h2-6,8,10-11H,7,9H2,1H3,(H,19,24)(H,22,23,25). The van der Waals surface area contributed by atoms with E-state index >= 15 is 0 Å². The minimum Gasteiger partial charge on any atom is -0.473 e. The van der Waals surface area contributed by atoms with E-state index in [1.807, 2.05) is 30.3 Å². The van der Waals surface area contributed by atoms with Gasteiger partial charge in [0.25, 0.3) is 5.91 Å². The Kier molecular flexibility index (Phi) is 6.06. The molecule has 0 spiro atoms. The van der Waals surface area contributed by atoms with Crippen molar-refractivity contribution in [2.45, 2.75) is 13.0 Å². The summed E-state index contributed by atoms with van der Waals surface area (Å²) in [5.41, 5.74) is 1.74. The lowest BCUT2D eigenvalue weighted by molar-refractivity contribution is -0.120. The molecular weight excluding hydrogens is 366 g/mol. The van der Waals surface area contributed by atoms with Crippen LogP contribution in [0.3, 0.4) is 0 Å². The first-order chi connectivity index (χ1) is 13.1. The molecule has 0 saturated heterocycles. The minimum atomic E-state index is -0.428. The van der Waals surface area contributed by atoms with Gasteiger partial charge < -0.3 is 10.1 Å². The van der Waals surface area contributed by atoms with Crippen molar-refractivity contribution in [3.05, 3.63) is 65.1 Å². The number of amides is 2. The summed E-state index contributed by atoms with van der Waals surface area (Å²) in [6.45, 7) is 0.342. The summed E-state index contributed by atoms with van der Waals surface area (Å²) in [6, 6.07) is 11.1. The zero-order valence-electron chi connectivity index (χ0n) is 14.5. The minimum absolute atomic E-state index is 0.144. The van der Waals surface area contributed by atoms with Crippen LogP contribution in [0.4, 0.5) is 5.13 Å². The zero-order chi connectivity index (χ0) is 19.1. The number of benzene rings is 1. The van der Waals surface area contributed by atoms with E-state index in [1.54, 1.807) is 12.4 Å². The number of carbonyl (C=O) groups excluding carboxylic acids is 2. The number of ether oxygens (including phenoxy) is 1. The molecule has 8 nitrogen and oxygen atoms in total. The summed E-state index contributed by atoms with van der Waals surface area (Å²) in [5, 5.41) is 7.30. The van der Waals surface area contributed by atoms with Gasteiger partial charge in [0.05, 0.1) is 12.1 Å². The highest BCUT2D eigenvalue weighted by Gasteiger charge is 2.13. The fourth-order valence-corrected chi connectivity index (χ4v) is 2.84. The summed E-state index contributed by atoms with van der Waals surface area (Å²) in [6.07, 6.45) is 1.43. The lowest BCUT2D eigenvalue weighted by Gasteiger charge is -2.06. The Morgan fingerprint density at radius 3 is 2.78 bits per heavy atom. The van der Waals surface area contributed by atoms with Crippen LogP contribution in [0.25, 0.3) is 0 Å². The quantitative estimate of drug-likeness (QED) is 0.647. The third-order valence-corrected chi connectivity index (χ3v) is 4.30. The van der Waals surface area contributed by atoms with Gasteiger partial charge in [-0.25, -0.2) is 15.0 Å². The highest BCUT2D eigenvalue weighted by atomic mass is 32.1. The summed E-state index contributed by atoms with van der Waals surface area (Å²) >= 11 is 1.24. The maximum Gasteiger partial charge on any atom is 0.276 e. The van der Waals surface area contributed by atoms with Gasteiger partial charge in [-0.15, -0.1) is 11.3 Å². The number of carbonyl (C=O) groups is 2. The number of anilines is 1. The number of aromatic nitrogens is 3. The highest BCUT2D eigenvalue weighted by Crippen LogP contribution is 2.17. The number of thiazole rings is 1. The van der Waals surface area contributed by atoms with Crippen molar-refractivity contribution >= 4 is 28.3 Å². The Labute approximate surface area is 159 Å². The first-order valence-electron chi connectivity index (χ1n) is 8.09. The van der Waals surface area contributed by atoms with Gasteiger partial charge in [-0.1, -0.05) is 30.3 Å². The van der Waals surface area contributed by atoms with Crippen molar-refractivity contribution in [3.63, 3.8) is 0 Å². The maximum atomic E-state index is 12.4. The van der Waals surface area contributed by atoms with Crippen molar-refractivity contribution in [1.29, 1.82) is 0 Å². The summed E-state index contributed by atoms with van der Waals surface area (Å²) in [4.78, 5) is 35.9. The van der Waals surface area contributed by atoms with Gasteiger partial charge in [-0.2, -0.15) is 0 Å². The average molecular weight is 383 g/mol. The molecule has 3 rings (SSSR count). The monoisotopic (exact) mass is 383 g/mol. The molecule has 138 valence electrons. The molecule has 2 heterocycles. The number of nitrogens with zero attached hydrogens (tertiary/aromatic N) is 3. The Balaban J connectivity index is 1.61. The summed E-state index contributed by atoms with van der Waals surface area (Å²) in [7, 11) is 1.56. The fourth-order valence-electron chi connectivity index (χ4n) is 2.13. The van der Waals surface area contributed by atoms with Crippen LogP contribution < -0.4 is 15.4 Å². The predicted octanol–water partition coefficient (Wildman–Crippen LogP) is 2.05. The molecular formula is C18H17N5O3S. The van der Waals surface area contributed by atoms with Crippen LogP contribution in [0.5, 0.6) is 5.88 Å². The molecule has 0 aliphatic rings. The Morgan fingerprint density at radius 2 is 2.00 bits per heavy atom. The molecule has 0 aliphatic heterocycles. The number of nitrogens with one attached hydrogen (secondary N) is 2. The second-order valence-corrected chi connectivity index (χ2v) is 6.32. The van der Waals surface area contributed by atoms with E-state index in [-0.39, 0.29) is 18.0 Å². The number of hydrogen-bond donors (Lipinski definition) is 2. The van der Waals surface area contributed by atoms with Crippen LogP contribution in [0, 0.1) is 0 Å². The largest absolute Gasteiger partial charge is 0.473 e. The molecule has 2 N–H and O–H groups in total. The van der Waals surface area contributed by atoms with Crippen LogP contribution in [0.2, 0.25) is 0 Å². The molecule has 0 aliphatic carbocycles. The van der Waals surface area contributed by atoms with E-state index in [9.17, 15) is 9.59 Å². The van der Waals surface area contributed by atoms with Crippen LogP contribution in [0.1, 0.15) is 21.7 Å². The molecule has 0 radical (unpaired) electrons. The van der Waals surface area contributed by atoms with E-state index in [1.165, 1.54) is 23.7 Å². The zero-order valence-corrected chi connectivity index (χ0v) is 15.3. The average Bonchev–Trinajstić information content (AvgIpc) is 3.14. The van der Waals surface area contributed by atoms with Crippen molar-refractivity contribution in [2.75, 3.05) is 12.4 Å². The molecule has 27 heavy (non-hydrogen) atoms. The second kappa shape index (κ2) is 8.86. The van der Waals surface area contributed by atoms with Crippen LogP contribution in [-0.2, 0) is 17.8 Å². The molecule has 3 aromatic rings. The van der Waals surface area contributed by atoms with Crippen LogP contribution in [-0.4, -0.2) is 33.8 Å². The van der Waals surface area contributed by atoms with Crippen molar-refractivity contribution in [1.82, 2.24) is 20.3 Å². The SMILES string of the molecule is CNC(=O)Cc1csc(NC(=O)c2cc(OCc3ccccc3)ncn2)n1. The van der Waals surface area contributed by atoms with Crippen molar-refractivity contribution in [2.24, 2.45) is 0 Å². The van der Waals surface area contributed by atoms with Crippen LogP contribution in [0.15, 0.2) is 48.1 Å². The van der Waals surface area contributed by atoms with Gasteiger partial charge in [0.1, 0.15) is 18.6 Å². The number of likely N-dealkylation sites (N-methyl/N-ethyl adjacent to an activating group) is 1. The molecule has 0 unspecified atom stereocenters. The van der Waals surface area contributed by atoms with Crippen molar-refractivity contribution < 1.29 is 14.3 Å². The molecule has 2 aromatic heterocycles. The van der Waals surface area contributed by atoms with E-state index in [0.717, 1.165) is 5.56 Å². The molecule has 1 aromatic carbocycles. The van der Waals surface area contributed by atoms with E-state index in [4.69, 9.17) is 4.74 Å². The van der Waals surface area contributed by atoms with Gasteiger partial charge in [-0.3, -0.25) is 14.9 Å². The Bertz CT molecular complexity index is 930. The first-order valence-corrected chi connectivity index (χ1v) is 8.97. The molecule has 0 atom stereocenters. The lowest BCUT2D eigenvalue weighted by atomic mass is 10.2. The number of hydrogen-bond acceptors (Lipinski definition) is 7. The normalized spacial score (nSPS) is 10.3. The lowest BCUT2D eigenvalue weighted by Crippen LogP contribution is -2.20. The highest BCUT2D eigenvalue weighted by molar-refractivity contribution is 7.14. The van der Waals surface area contributed by atoms with Gasteiger partial charge in [0, 0.05) is 18.5 Å². The van der Waals surface area contributed by atoms with Crippen molar-refractivity contribution in [3.8, 4) is 5.88 Å². The summed E-state index contributed by atoms with van der Waals surface area (Å²) < 4.78 is 5.60.